The van der Waals surface area contributed by atoms with Crippen LogP contribution in [0.25, 0.3) is 0 Å². The van der Waals surface area contributed by atoms with Gasteiger partial charge in [-0.1, -0.05) is 42.8 Å². The fourth-order valence-corrected chi connectivity index (χ4v) is 5.44. The third-order valence-corrected chi connectivity index (χ3v) is 7.17. The minimum absolute atomic E-state index is 0.0694. The van der Waals surface area contributed by atoms with Crippen molar-refractivity contribution in [2.45, 2.75) is 45.4 Å². The number of aliphatic imine (C=N–C) groups is 1. The smallest absolute Gasteiger partial charge is 0.233 e. The average Bonchev–Trinajstić information content (AvgIpc) is 2.99. The third-order valence-electron chi connectivity index (χ3n) is 6.10. The monoisotopic (exact) mass is 413 g/mol. The summed E-state index contributed by atoms with van der Waals surface area (Å²) in [5, 5.41) is 0.711. The lowest BCUT2D eigenvalue weighted by atomic mass is 9.81. The van der Waals surface area contributed by atoms with Crippen molar-refractivity contribution < 1.29 is 14.4 Å². The van der Waals surface area contributed by atoms with Gasteiger partial charge in [0.15, 0.2) is 5.17 Å². The zero-order valence-electron chi connectivity index (χ0n) is 16.8. The van der Waals surface area contributed by atoms with Gasteiger partial charge in [0, 0.05) is 25.3 Å². The first-order chi connectivity index (χ1) is 14.1. The maximum Gasteiger partial charge on any atom is 0.233 e. The van der Waals surface area contributed by atoms with Crippen LogP contribution in [-0.2, 0) is 14.4 Å². The van der Waals surface area contributed by atoms with Crippen LogP contribution in [0.1, 0.15) is 44.1 Å². The number of fused-ring (bicyclic) bond motifs is 1. The SMILES string of the molecule is Cc1ccccc1N=C1SCCCN1C(=O)CCN1C(=O)[C@H]2CCCC[C@H]2C1=O. The van der Waals surface area contributed by atoms with Gasteiger partial charge in [-0.25, -0.2) is 4.99 Å². The van der Waals surface area contributed by atoms with E-state index in [2.05, 4.69) is 0 Å². The molecule has 0 unspecified atom stereocenters. The number of rotatable bonds is 4. The first kappa shape index (κ1) is 20.1. The van der Waals surface area contributed by atoms with Gasteiger partial charge < -0.3 is 0 Å². The van der Waals surface area contributed by atoms with Crippen LogP contribution in [0.3, 0.4) is 0 Å². The molecule has 0 radical (unpaired) electrons. The molecule has 2 heterocycles. The van der Waals surface area contributed by atoms with E-state index >= 15 is 0 Å². The molecular formula is C22H27N3O3S. The van der Waals surface area contributed by atoms with Crippen LogP contribution < -0.4 is 0 Å². The summed E-state index contributed by atoms with van der Waals surface area (Å²) in [4.78, 5) is 46.0. The van der Waals surface area contributed by atoms with Gasteiger partial charge in [-0.05, 0) is 37.8 Å². The van der Waals surface area contributed by atoms with Crippen molar-refractivity contribution in [2.75, 3.05) is 18.8 Å². The number of carbonyl (C=O) groups is 3. The maximum atomic E-state index is 13.0. The van der Waals surface area contributed by atoms with E-state index in [1.165, 1.54) is 4.90 Å². The molecule has 7 heteroatoms. The highest BCUT2D eigenvalue weighted by Gasteiger charge is 2.48. The van der Waals surface area contributed by atoms with Crippen molar-refractivity contribution in [3.8, 4) is 0 Å². The molecule has 0 aromatic heterocycles. The molecule has 3 fully saturated rings. The lowest BCUT2D eigenvalue weighted by Gasteiger charge is -2.28. The highest BCUT2D eigenvalue weighted by atomic mass is 32.2. The molecule has 2 aliphatic heterocycles. The van der Waals surface area contributed by atoms with Gasteiger partial charge in [0.05, 0.1) is 17.5 Å². The van der Waals surface area contributed by atoms with Crippen LogP contribution in [0.2, 0.25) is 0 Å². The molecule has 3 amide bonds. The lowest BCUT2D eigenvalue weighted by Crippen LogP contribution is -2.41. The predicted octanol–water partition coefficient (Wildman–Crippen LogP) is 3.51. The fraction of sp³-hybridized carbons (Fsp3) is 0.545. The first-order valence-electron chi connectivity index (χ1n) is 10.5. The number of hydrogen-bond donors (Lipinski definition) is 0. The number of para-hydroxylation sites is 1. The van der Waals surface area contributed by atoms with E-state index in [0.29, 0.717) is 11.7 Å². The topological polar surface area (TPSA) is 70.1 Å². The summed E-state index contributed by atoms with van der Waals surface area (Å²) in [5.74, 6) is 0.398. The molecule has 4 rings (SSSR count). The number of likely N-dealkylation sites (tertiary alicyclic amines) is 1. The Hall–Kier alpha value is -2.15. The van der Waals surface area contributed by atoms with E-state index in [0.717, 1.165) is 49.1 Å². The largest absolute Gasteiger partial charge is 0.291 e. The van der Waals surface area contributed by atoms with Crippen LogP contribution in [0.15, 0.2) is 29.3 Å². The molecule has 3 aliphatic rings. The Morgan fingerprint density at radius 1 is 1.10 bits per heavy atom. The van der Waals surface area contributed by atoms with Crippen LogP contribution >= 0.6 is 11.8 Å². The molecule has 0 bridgehead atoms. The molecule has 154 valence electrons. The number of thioether (sulfide) groups is 1. The number of nitrogens with zero attached hydrogens (tertiary/aromatic N) is 3. The second-order valence-corrected chi connectivity index (χ2v) is 9.07. The quantitative estimate of drug-likeness (QED) is 0.708. The van der Waals surface area contributed by atoms with E-state index < -0.39 is 0 Å². The van der Waals surface area contributed by atoms with E-state index in [4.69, 9.17) is 4.99 Å². The number of aryl methyl sites for hydroxylation is 1. The van der Waals surface area contributed by atoms with Crippen molar-refractivity contribution >= 4 is 40.3 Å². The van der Waals surface area contributed by atoms with Crippen LogP contribution in [-0.4, -0.2) is 51.5 Å². The number of imide groups is 1. The van der Waals surface area contributed by atoms with Crippen molar-refractivity contribution in [3.05, 3.63) is 29.8 Å². The Bertz CT molecular complexity index is 829. The molecule has 1 aromatic carbocycles. The Kier molecular flexibility index (Phi) is 6.04. The van der Waals surface area contributed by atoms with Gasteiger partial charge in [-0.3, -0.25) is 24.2 Å². The molecule has 1 saturated carbocycles. The molecule has 1 aliphatic carbocycles. The Balaban J connectivity index is 1.44. The molecule has 0 N–H and O–H groups in total. The average molecular weight is 414 g/mol. The van der Waals surface area contributed by atoms with Crippen molar-refractivity contribution in [2.24, 2.45) is 16.8 Å². The zero-order chi connectivity index (χ0) is 20.4. The minimum Gasteiger partial charge on any atom is -0.291 e. The first-order valence-corrected chi connectivity index (χ1v) is 11.5. The number of carbonyl (C=O) groups excluding carboxylic acids is 3. The van der Waals surface area contributed by atoms with Gasteiger partial charge in [0.1, 0.15) is 0 Å². The van der Waals surface area contributed by atoms with Crippen molar-refractivity contribution in [1.29, 1.82) is 0 Å². The standard InChI is InChI=1S/C22H27N3O3S/c1-15-7-2-5-10-18(15)23-22-24(12-6-14-29-22)19(26)11-13-25-20(27)16-8-3-4-9-17(16)21(25)28/h2,5,7,10,16-17H,3-4,6,8-9,11-14H2,1H3/t16-,17+. The van der Waals surface area contributed by atoms with Crippen molar-refractivity contribution in [1.82, 2.24) is 9.80 Å². The molecule has 0 spiro atoms. The second kappa shape index (κ2) is 8.69. The Morgan fingerprint density at radius 3 is 2.48 bits per heavy atom. The summed E-state index contributed by atoms with van der Waals surface area (Å²) in [6, 6.07) is 7.86. The molecule has 29 heavy (non-hydrogen) atoms. The zero-order valence-corrected chi connectivity index (χ0v) is 17.6. The van der Waals surface area contributed by atoms with Gasteiger partial charge in [0.25, 0.3) is 0 Å². The Morgan fingerprint density at radius 2 is 1.79 bits per heavy atom. The highest BCUT2D eigenvalue weighted by molar-refractivity contribution is 8.13. The van der Waals surface area contributed by atoms with E-state index in [1.54, 1.807) is 16.7 Å². The molecular weight excluding hydrogens is 386 g/mol. The summed E-state index contributed by atoms with van der Waals surface area (Å²) >= 11 is 1.59. The van der Waals surface area contributed by atoms with Gasteiger partial charge in [-0.2, -0.15) is 0 Å². The van der Waals surface area contributed by atoms with E-state index in [9.17, 15) is 14.4 Å². The van der Waals surface area contributed by atoms with E-state index in [1.807, 2.05) is 31.2 Å². The molecule has 2 saturated heterocycles. The minimum atomic E-state index is -0.157. The lowest BCUT2D eigenvalue weighted by molar-refractivity contribution is -0.140. The normalized spacial score (nSPS) is 26.2. The summed E-state index contributed by atoms with van der Waals surface area (Å²) in [6.07, 6.45) is 4.69. The number of benzene rings is 1. The number of hydrogen-bond acceptors (Lipinski definition) is 5. The highest BCUT2D eigenvalue weighted by Crippen LogP contribution is 2.38. The Labute approximate surface area is 175 Å². The van der Waals surface area contributed by atoms with Crippen LogP contribution in [0.4, 0.5) is 5.69 Å². The maximum absolute atomic E-state index is 13.0. The van der Waals surface area contributed by atoms with Gasteiger partial charge in [-0.15, -0.1) is 0 Å². The summed E-state index contributed by atoms with van der Waals surface area (Å²) < 4.78 is 0. The van der Waals surface area contributed by atoms with Gasteiger partial charge >= 0.3 is 0 Å². The predicted molar refractivity (Wildman–Crippen MR) is 114 cm³/mol. The molecule has 6 nitrogen and oxygen atoms in total. The number of amides is 3. The summed E-state index contributed by atoms with van der Waals surface area (Å²) in [6.45, 7) is 2.81. The van der Waals surface area contributed by atoms with Crippen LogP contribution in [0, 0.1) is 18.8 Å². The van der Waals surface area contributed by atoms with Crippen molar-refractivity contribution in [3.63, 3.8) is 0 Å². The fourth-order valence-electron chi connectivity index (χ4n) is 4.47. The second-order valence-electron chi connectivity index (χ2n) is 8.00. The van der Waals surface area contributed by atoms with Gasteiger partial charge in [0.2, 0.25) is 17.7 Å². The number of amidine groups is 1. The van der Waals surface area contributed by atoms with E-state index in [-0.39, 0.29) is 42.5 Å². The molecule has 2 atom stereocenters. The van der Waals surface area contributed by atoms with Crippen LogP contribution in [0.5, 0.6) is 0 Å². The third kappa shape index (κ3) is 4.10. The molecule has 1 aromatic rings. The summed E-state index contributed by atoms with van der Waals surface area (Å²) in [7, 11) is 0. The summed E-state index contributed by atoms with van der Waals surface area (Å²) in [5.41, 5.74) is 1.93.